The molecule has 0 heterocycles. The Morgan fingerprint density at radius 2 is 2.17 bits per heavy atom. The van der Waals surface area contributed by atoms with Crippen LogP contribution in [0.2, 0.25) is 0 Å². The molecule has 0 radical (unpaired) electrons. The lowest BCUT2D eigenvalue weighted by molar-refractivity contribution is -0.385. The fraction of sp³-hybridized carbons (Fsp3) is 0.300. The van der Waals surface area contributed by atoms with Crippen LogP contribution in [0.4, 0.5) is 5.69 Å². The number of halogens is 2. The summed E-state index contributed by atoms with van der Waals surface area (Å²) >= 11 is 1.92. The molecule has 1 aromatic rings. The molecule has 0 aliphatic carbocycles. The maximum Gasteiger partial charge on any atom is 0.275 e. The molecule has 0 aliphatic rings. The van der Waals surface area contributed by atoms with Crippen molar-refractivity contribution in [2.24, 2.45) is 11.5 Å². The zero-order valence-electron chi connectivity index (χ0n) is 9.30. The van der Waals surface area contributed by atoms with E-state index >= 15 is 0 Å². The number of benzene rings is 1. The fourth-order valence-corrected chi connectivity index (χ4v) is 2.19. The van der Waals surface area contributed by atoms with Crippen molar-refractivity contribution in [1.29, 1.82) is 5.26 Å². The van der Waals surface area contributed by atoms with Crippen LogP contribution >= 0.6 is 35.0 Å². The number of rotatable bonds is 4. The minimum absolute atomic E-state index is 0. The van der Waals surface area contributed by atoms with Crippen LogP contribution in [0.1, 0.15) is 17.5 Å². The first-order valence-corrected chi connectivity index (χ1v) is 5.87. The van der Waals surface area contributed by atoms with Crippen molar-refractivity contribution in [3.63, 3.8) is 0 Å². The van der Waals surface area contributed by atoms with Crippen molar-refractivity contribution < 1.29 is 4.92 Å². The molecule has 0 saturated heterocycles. The van der Waals surface area contributed by atoms with Gasteiger partial charge in [0.1, 0.15) is 3.55 Å². The van der Waals surface area contributed by atoms with E-state index in [0.29, 0.717) is 24.1 Å². The van der Waals surface area contributed by atoms with Crippen LogP contribution in [0.15, 0.2) is 18.2 Å². The number of nitrogens with zero attached hydrogens (tertiary/aromatic N) is 2. The zero-order chi connectivity index (χ0) is 13.1. The summed E-state index contributed by atoms with van der Waals surface area (Å²) < 4.78 is -0.943. The molecule has 0 bridgehead atoms. The van der Waals surface area contributed by atoms with Gasteiger partial charge in [-0.25, -0.2) is 0 Å². The predicted molar refractivity (Wildman–Crippen MR) is 78.6 cm³/mol. The molecule has 1 rings (SSSR count). The second-order valence-corrected chi connectivity index (χ2v) is 5.43. The highest BCUT2D eigenvalue weighted by molar-refractivity contribution is 14.1. The molecule has 98 valence electrons. The second kappa shape index (κ2) is 6.84. The van der Waals surface area contributed by atoms with Crippen LogP contribution in [-0.2, 0) is 3.55 Å². The van der Waals surface area contributed by atoms with E-state index in [1.165, 1.54) is 18.2 Å². The van der Waals surface area contributed by atoms with E-state index < -0.39 is 8.47 Å². The summed E-state index contributed by atoms with van der Waals surface area (Å²) in [6.45, 7) is 0.313. The van der Waals surface area contributed by atoms with E-state index in [4.69, 9.17) is 16.7 Å². The molecule has 1 unspecified atom stereocenters. The summed E-state index contributed by atoms with van der Waals surface area (Å²) in [7, 11) is 0. The lowest BCUT2D eigenvalue weighted by Gasteiger charge is -2.22. The van der Waals surface area contributed by atoms with Gasteiger partial charge in [0.25, 0.3) is 5.69 Å². The minimum atomic E-state index is -0.943. The number of nitrogens with two attached hydrogens (primary N) is 2. The van der Waals surface area contributed by atoms with Crippen molar-refractivity contribution in [3.8, 4) is 6.07 Å². The maximum absolute atomic E-state index is 10.9. The Morgan fingerprint density at radius 3 is 2.61 bits per heavy atom. The van der Waals surface area contributed by atoms with Crippen molar-refractivity contribution in [2.45, 2.75) is 9.97 Å². The van der Waals surface area contributed by atoms with E-state index in [-0.39, 0.29) is 18.1 Å². The SMILES string of the molecule is Cl.N#Cc1ccc([N+](=O)[O-])c(C(N)(I)CCN)c1. The fourth-order valence-electron chi connectivity index (χ4n) is 1.44. The van der Waals surface area contributed by atoms with Crippen LogP contribution in [0.3, 0.4) is 0 Å². The van der Waals surface area contributed by atoms with E-state index in [2.05, 4.69) is 0 Å². The highest BCUT2D eigenvalue weighted by Crippen LogP contribution is 2.36. The van der Waals surface area contributed by atoms with Gasteiger partial charge in [0.05, 0.1) is 22.1 Å². The van der Waals surface area contributed by atoms with E-state index in [0.717, 1.165) is 0 Å². The molecule has 1 aromatic carbocycles. The molecule has 0 saturated carbocycles. The van der Waals surface area contributed by atoms with Gasteiger partial charge in [-0.2, -0.15) is 5.26 Å². The van der Waals surface area contributed by atoms with Gasteiger partial charge in [-0.1, -0.05) is 22.6 Å². The number of nitro benzene ring substituents is 1. The molecule has 6 nitrogen and oxygen atoms in total. The van der Waals surface area contributed by atoms with E-state index in [1.54, 1.807) is 0 Å². The average Bonchev–Trinajstić information content (AvgIpc) is 2.28. The van der Waals surface area contributed by atoms with Crippen molar-refractivity contribution in [3.05, 3.63) is 39.4 Å². The first-order valence-electron chi connectivity index (χ1n) is 4.79. The van der Waals surface area contributed by atoms with E-state index in [9.17, 15) is 10.1 Å². The molecule has 0 aromatic heterocycles. The van der Waals surface area contributed by atoms with Gasteiger partial charge >= 0.3 is 0 Å². The van der Waals surface area contributed by atoms with Crippen molar-refractivity contribution in [2.75, 3.05) is 6.54 Å². The van der Waals surface area contributed by atoms with Crippen LogP contribution < -0.4 is 11.5 Å². The Balaban J connectivity index is 0.00000289. The van der Waals surface area contributed by atoms with Gasteiger partial charge < -0.3 is 11.5 Å². The average molecular weight is 383 g/mol. The Kier molecular flexibility index (Phi) is 6.48. The summed E-state index contributed by atoms with van der Waals surface area (Å²) in [5.41, 5.74) is 12.0. The van der Waals surface area contributed by atoms with Gasteiger partial charge in [0.2, 0.25) is 0 Å². The summed E-state index contributed by atoms with van der Waals surface area (Å²) in [5.74, 6) is 0. The number of nitro groups is 1. The Bertz CT molecular complexity index is 487. The lowest BCUT2D eigenvalue weighted by Crippen LogP contribution is -2.32. The molecule has 4 N–H and O–H groups in total. The Hall–Kier alpha value is -0.950. The normalized spacial score (nSPS) is 13.0. The third kappa shape index (κ3) is 3.78. The molecule has 1 atom stereocenters. The highest BCUT2D eigenvalue weighted by atomic mass is 127. The Morgan fingerprint density at radius 1 is 1.56 bits per heavy atom. The number of hydrogen-bond acceptors (Lipinski definition) is 5. The zero-order valence-corrected chi connectivity index (χ0v) is 12.3. The highest BCUT2D eigenvalue weighted by Gasteiger charge is 2.30. The monoisotopic (exact) mass is 382 g/mol. The van der Waals surface area contributed by atoms with Gasteiger partial charge in [0.15, 0.2) is 0 Å². The third-order valence-electron chi connectivity index (χ3n) is 2.28. The quantitative estimate of drug-likeness (QED) is 0.270. The van der Waals surface area contributed by atoms with Crippen LogP contribution in [-0.4, -0.2) is 11.5 Å². The minimum Gasteiger partial charge on any atom is -0.330 e. The predicted octanol–water partition coefficient (Wildman–Crippen LogP) is 1.78. The summed E-state index contributed by atoms with van der Waals surface area (Å²) in [5, 5.41) is 19.7. The van der Waals surface area contributed by atoms with E-state index in [1.807, 2.05) is 28.7 Å². The third-order valence-corrected chi connectivity index (χ3v) is 3.40. The van der Waals surface area contributed by atoms with Crippen molar-refractivity contribution >= 4 is 40.7 Å². The molecule has 18 heavy (non-hydrogen) atoms. The van der Waals surface area contributed by atoms with Gasteiger partial charge in [-0.15, -0.1) is 12.4 Å². The summed E-state index contributed by atoms with van der Waals surface area (Å²) in [6, 6.07) is 6.08. The smallest absolute Gasteiger partial charge is 0.275 e. The van der Waals surface area contributed by atoms with Gasteiger partial charge in [0, 0.05) is 6.07 Å². The van der Waals surface area contributed by atoms with Crippen LogP contribution in [0.5, 0.6) is 0 Å². The van der Waals surface area contributed by atoms with Crippen LogP contribution in [0, 0.1) is 21.4 Å². The number of nitriles is 1. The molecule has 8 heteroatoms. The summed E-state index contributed by atoms with van der Waals surface area (Å²) in [4.78, 5) is 10.4. The lowest BCUT2D eigenvalue weighted by atomic mass is 10.00. The molecule has 0 amide bonds. The molecule has 0 spiro atoms. The largest absolute Gasteiger partial charge is 0.330 e. The molecule has 0 fully saturated rings. The van der Waals surface area contributed by atoms with Gasteiger partial charge in [-0.3, -0.25) is 10.1 Å². The molecular weight excluding hydrogens is 370 g/mol. The first-order chi connectivity index (χ1) is 7.92. The van der Waals surface area contributed by atoms with Crippen molar-refractivity contribution in [1.82, 2.24) is 0 Å². The Labute approximate surface area is 124 Å². The topological polar surface area (TPSA) is 119 Å². The molecule has 0 aliphatic heterocycles. The van der Waals surface area contributed by atoms with Gasteiger partial charge in [-0.05, 0) is 25.1 Å². The number of alkyl halides is 1. The standard InChI is InChI=1S/C10H11IN4O2.ClH/c11-10(14,3-4-12)8-5-7(6-13)1-2-9(8)15(16)17;/h1-2,5H,3-4,12,14H2;1H. The molecular formula is C10H12ClIN4O2. The number of hydrogen-bond donors (Lipinski definition) is 2. The second-order valence-electron chi connectivity index (χ2n) is 3.50. The maximum atomic E-state index is 10.9. The van der Waals surface area contributed by atoms with Crippen LogP contribution in [0.25, 0.3) is 0 Å². The summed E-state index contributed by atoms with van der Waals surface area (Å²) in [6.07, 6.45) is 0.392. The first kappa shape index (κ1) is 17.1.